The van der Waals surface area contributed by atoms with E-state index in [1.807, 2.05) is 97.6 Å². The van der Waals surface area contributed by atoms with Gasteiger partial charge in [0.2, 0.25) is 0 Å². The number of hydrogen-bond acceptors (Lipinski definition) is 10. The lowest BCUT2D eigenvalue weighted by atomic mass is 9.76. The van der Waals surface area contributed by atoms with Crippen molar-refractivity contribution in [2.45, 2.75) is 76.5 Å². The van der Waals surface area contributed by atoms with Gasteiger partial charge >= 0.3 is 7.87 Å². The van der Waals surface area contributed by atoms with Crippen molar-refractivity contribution in [2.75, 3.05) is 18.1 Å². The Morgan fingerprint density at radius 3 is 1.98 bits per heavy atom. The Morgan fingerprint density at radius 1 is 0.897 bits per heavy atom. The summed E-state index contributed by atoms with van der Waals surface area (Å²) in [7, 11) is -3.25. The van der Waals surface area contributed by atoms with Gasteiger partial charge in [0, 0.05) is 30.1 Å². The number of ether oxygens (including phenoxy) is 1. The first-order chi connectivity index (χ1) is 28.1. The molecular weight excluding hydrogens is 748 g/mol. The summed E-state index contributed by atoms with van der Waals surface area (Å²) in [4.78, 5) is 39.2. The standard InChI is InChI=1S/C45H49N8O4P/c1-32(2)53(33(3)4)58(55,27-17-26-46)56-29-39-38(51-45(35-20-11-6-12-21-35,36-22-13-7-14-23-36)37-24-15-8-16-25-37)28-40(57-39)52-31-49-41-42(47-30-48-43(41)52)50-44(54)34-18-9-5-10-19-34/h5-16,18-25,30-33,38-40,51,55H,17,27-29H2,1-4H3/p+1/t38-,39+,40+,58?/m0/s1. The normalized spacial score (nSPS) is 18.1. The quantitative estimate of drug-likeness (QED) is 0.0647. The van der Waals surface area contributed by atoms with Crippen LogP contribution in [-0.4, -0.2) is 72.0 Å². The van der Waals surface area contributed by atoms with Crippen molar-refractivity contribution in [3.8, 4) is 6.07 Å². The predicted octanol–water partition coefficient (Wildman–Crippen LogP) is 8.12. The highest BCUT2D eigenvalue weighted by Crippen LogP contribution is 2.62. The number of rotatable bonds is 16. The van der Waals surface area contributed by atoms with Gasteiger partial charge in [0.15, 0.2) is 17.0 Å². The molecule has 4 atom stereocenters. The minimum absolute atomic E-state index is 0.0290. The van der Waals surface area contributed by atoms with E-state index in [0.717, 1.165) is 16.7 Å². The molecule has 1 unspecified atom stereocenters. The van der Waals surface area contributed by atoms with Crippen molar-refractivity contribution in [1.29, 1.82) is 5.26 Å². The summed E-state index contributed by atoms with van der Waals surface area (Å²) < 4.78 is 17.6. The van der Waals surface area contributed by atoms with Crippen LogP contribution in [-0.2, 0) is 14.8 Å². The molecule has 12 nitrogen and oxygen atoms in total. The first-order valence-corrected chi connectivity index (χ1v) is 21.5. The Labute approximate surface area is 340 Å². The molecule has 4 aromatic carbocycles. The first-order valence-electron chi connectivity index (χ1n) is 19.7. The molecule has 0 saturated carbocycles. The lowest BCUT2D eigenvalue weighted by Gasteiger charge is -2.40. The summed E-state index contributed by atoms with van der Waals surface area (Å²) in [5, 5.41) is 16.6. The highest BCUT2D eigenvalue weighted by atomic mass is 31.2. The minimum Gasteiger partial charge on any atom is -0.350 e. The molecule has 0 radical (unpaired) electrons. The van der Waals surface area contributed by atoms with Crippen LogP contribution in [0.25, 0.3) is 11.2 Å². The van der Waals surface area contributed by atoms with Gasteiger partial charge in [-0.15, -0.1) is 4.67 Å². The number of fused-ring (bicyclic) bond motifs is 1. The molecular formula is C45H50N8O4P+. The highest BCUT2D eigenvalue weighted by Gasteiger charge is 2.51. The second kappa shape index (κ2) is 18.0. The summed E-state index contributed by atoms with van der Waals surface area (Å²) in [5.74, 6) is -0.0203. The fourth-order valence-electron chi connectivity index (χ4n) is 8.18. The number of nitrogens with one attached hydrogen (secondary N) is 2. The molecule has 0 aliphatic carbocycles. The number of imidazole rings is 1. The summed E-state index contributed by atoms with van der Waals surface area (Å²) in [5.41, 5.74) is 3.71. The van der Waals surface area contributed by atoms with Crippen LogP contribution >= 0.6 is 7.87 Å². The number of anilines is 1. The van der Waals surface area contributed by atoms with Crippen LogP contribution in [0, 0.1) is 11.3 Å². The number of aromatic nitrogens is 4. The largest absolute Gasteiger partial charge is 0.350 e. The number of nitriles is 1. The van der Waals surface area contributed by atoms with Gasteiger partial charge in [-0.3, -0.25) is 14.7 Å². The molecule has 298 valence electrons. The van der Waals surface area contributed by atoms with Crippen LogP contribution in [0.5, 0.6) is 0 Å². The van der Waals surface area contributed by atoms with E-state index in [0.29, 0.717) is 23.1 Å². The van der Waals surface area contributed by atoms with Gasteiger partial charge in [-0.1, -0.05) is 109 Å². The molecule has 6 aromatic rings. The molecule has 2 aromatic heterocycles. The first kappa shape index (κ1) is 40.8. The average molecular weight is 798 g/mol. The number of benzene rings is 4. The maximum atomic E-state index is 13.1. The van der Waals surface area contributed by atoms with Crippen molar-refractivity contribution in [1.82, 2.24) is 29.5 Å². The van der Waals surface area contributed by atoms with Crippen LogP contribution in [0.4, 0.5) is 5.82 Å². The molecule has 3 heterocycles. The zero-order valence-electron chi connectivity index (χ0n) is 33.2. The Bertz CT molecular complexity index is 2200. The van der Waals surface area contributed by atoms with Crippen molar-refractivity contribution in [3.63, 3.8) is 0 Å². The van der Waals surface area contributed by atoms with E-state index in [1.54, 1.807) is 30.6 Å². The van der Waals surface area contributed by atoms with Gasteiger partial charge in [-0.25, -0.2) is 19.8 Å². The SMILES string of the molecule is CC(C)N(C(C)C)[P+](O)(CCC#N)OC[C@H]1O[C@@H](n2cnc3c(NC(=O)c4ccccc4)ncnc32)C[C@@H]1NC(c1ccccc1)(c1ccccc1)c1ccccc1. The van der Waals surface area contributed by atoms with Crippen LogP contribution < -0.4 is 10.6 Å². The maximum Gasteiger partial charge on any atom is 0.346 e. The molecule has 58 heavy (non-hydrogen) atoms. The number of carbonyl (C=O) groups is 1. The highest BCUT2D eigenvalue weighted by molar-refractivity contribution is 7.63. The molecule has 1 amide bonds. The number of amides is 1. The van der Waals surface area contributed by atoms with Gasteiger partial charge in [0.05, 0.1) is 24.4 Å². The Balaban J connectivity index is 1.30. The monoisotopic (exact) mass is 797 g/mol. The van der Waals surface area contributed by atoms with E-state index in [1.165, 1.54) is 6.33 Å². The Hall–Kier alpha value is -5.38. The van der Waals surface area contributed by atoms with Crippen LogP contribution in [0.1, 0.15) is 73.8 Å². The van der Waals surface area contributed by atoms with Gasteiger partial charge < -0.3 is 10.1 Å². The summed E-state index contributed by atoms with van der Waals surface area (Å²) in [6.07, 6.45) is 2.75. The Morgan fingerprint density at radius 2 is 1.45 bits per heavy atom. The van der Waals surface area contributed by atoms with Gasteiger partial charge in [-0.2, -0.15) is 9.79 Å². The number of hydrogen-bond donors (Lipinski definition) is 3. The zero-order valence-corrected chi connectivity index (χ0v) is 34.1. The van der Waals surface area contributed by atoms with Crippen molar-refractivity contribution in [3.05, 3.63) is 156 Å². The zero-order chi connectivity index (χ0) is 40.7. The van der Waals surface area contributed by atoms with E-state index in [2.05, 4.69) is 68.1 Å². The smallest absolute Gasteiger partial charge is 0.346 e. The minimum atomic E-state index is -3.25. The topological polar surface area (TPSA) is 150 Å². The second-order valence-corrected chi connectivity index (χ2v) is 17.5. The van der Waals surface area contributed by atoms with Crippen molar-refractivity contribution < 1.29 is 18.9 Å². The van der Waals surface area contributed by atoms with Crippen LogP contribution in [0.2, 0.25) is 0 Å². The van der Waals surface area contributed by atoms with E-state index < -0.39 is 25.7 Å². The van der Waals surface area contributed by atoms with Crippen molar-refractivity contribution in [2.24, 2.45) is 0 Å². The second-order valence-electron chi connectivity index (χ2n) is 15.0. The molecule has 0 spiro atoms. The van der Waals surface area contributed by atoms with Gasteiger partial charge in [0.25, 0.3) is 5.91 Å². The third-order valence-electron chi connectivity index (χ3n) is 10.6. The lowest BCUT2D eigenvalue weighted by molar-refractivity contribution is -0.0248. The van der Waals surface area contributed by atoms with Crippen LogP contribution in [0.15, 0.2) is 134 Å². The number of nitrogens with zero attached hydrogens (tertiary/aromatic N) is 6. The summed E-state index contributed by atoms with van der Waals surface area (Å²) >= 11 is 0. The molecule has 0 bridgehead atoms. The Kier molecular flexibility index (Phi) is 12.7. The number of carbonyl (C=O) groups excluding carboxylic acids is 1. The van der Waals surface area contributed by atoms with E-state index >= 15 is 0 Å². The van der Waals surface area contributed by atoms with Crippen molar-refractivity contribution >= 4 is 30.8 Å². The summed E-state index contributed by atoms with van der Waals surface area (Å²) in [6, 6.07) is 41.8. The molecule has 1 fully saturated rings. The third-order valence-corrected chi connectivity index (χ3v) is 13.6. The molecule has 7 rings (SSSR count). The fraction of sp³-hybridized carbons (Fsp3) is 0.311. The maximum absolute atomic E-state index is 13.1. The van der Waals surface area contributed by atoms with E-state index in [9.17, 15) is 14.9 Å². The van der Waals surface area contributed by atoms with E-state index in [-0.39, 0.29) is 49.0 Å². The summed E-state index contributed by atoms with van der Waals surface area (Å²) in [6.45, 7) is 8.18. The van der Waals surface area contributed by atoms with Gasteiger partial charge in [0.1, 0.15) is 31.4 Å². The van der Waals surface area contributed by atoms with Crippen LogP contribution in [0.3, 0.4) is 0 Å². The molecule has 1 saturated heterocycles. The fourth-order valence-corrected chi connectivity index (χ4v) is 10.9. The molecule has 1 aliphatic heterocycles. The lowest BCUT2D eigenvalue weighted by Crippen LogP contribution is -2.53. The van der Waals surface area contributed by atoms with Gasteiger partial charge in [-0.05, 0) is 56.5 Å². The average Bonchev–Trinajstić information content (AvgIpc) is 3.87. The van der Waals surface area contributed by atoms with E-state index in [4.69, 9.17) is 9.26 Å². The third kappa shape index (κ3) is 8.43. The molecule has 3 N–H and O–H groups in total. The predicted molar refractivity (Wildman–Crippen MR) is 227 cm³/mol. The molecule has 13 heteroatoms. The molecule has 1 aliphatic rings.